The van der Waals surface area contributed by atoms with Crippen LogP contribution in [0, 0.1) is 17.5 Å². The number of aliphatic hydroxyl groups is 1. The van der Waals surface area contributed by atoms with E-state index in [-0.39, 0.29) is 22.8 Å². The Morgan fingerprint density at radius 1 is 1.10 bits per heavy atom. The van der Waals surface area contributed by atoms with Crippen LogP contribution < -0.4 is 5.32 Å². The first-order valence-corrected chi connectivity index (χ1v) is 6.17. The topological polar surface area (TPSA) is 32.3 Å². The van der Waals surface area contributed by atoms with Crippen molar-refractivity contribution in [2.24, 2.45) is 0 Å². The molecule has 2 aromatic rings. The van der Waals surface area contributed by atoms with E-state index in [1.54, 1.807) is 0 Å². The molecule has 0 heterocycles. The Labute approximate surface area is 118 Å². The molecular weight excluding hydrogens is 291 g/mol. The maximum absolute atomic E-state index is 13.5. The van der Waals surface area contributed by atoms with E-state index in [1.807, 2.05) is 0 Å². The molecule has 2 nitrogen and oxygen atoms in total. The zero-order valence-electron chi connectivity index (χ0n) is 10.2. The van der Waals surface area contributed by atoms with Crippen molar-refractivity contribution in [3.05, 3.63) is 64.4 Å². The van der Waals surface area contributed by atoms with Crippen molar-refractivity contribution in [3.8, 4) is 0 Å². The fourth-order valence-corrected chi connectivity index (χ4v) is 1.98. The van der Waals surface area contributed by atoms with E-state index in [0.717, 1.165) is 12.1 Å². The first-order valence-electron chi connectivity index (χ1n) is 5.80. The highest BCUT2D eigenvalue weighted by Gasteiger charge is 2.15. The number of anilines is 1. The van der Waals surface area contributed by atoms with Gasteiger partial charge in [-0.1, -0.05) is 23.7 Å². The van der Waals surface area contributed by atoms with Crippen LogP contribution in [0.15, 0.2) is 36.4 Å². The molecule has 6 heteroatoms. The molecule has 0 bridgehead atoms. The predicted octanol–water partition coefficient (Wildman–Crippen LogP) is 3.90. The first kappa shape index (κ1) is 14.7. The SMILES string of the molecule is OC(CNc1c(F)cccc1Cl)c1ccc(F)cc1F. The third-order valence-corrected chi connectivity index (χ3v) is 3.07. The van der Waals surface area contributed by atoms with E-state index < -0.39 is 23.6 Å². The molecule has 1 atom stereocenters. The molecule has 2 rings (SSSR count). The van der Waals surface area contributed by atoms with Crippen molar-refractivity contribution in [3.63, 3.8) is 0 Å². The molecule has 0 amide bonds. The Bertz CT molecular complexity index is 601. The second-order valence-electron chi connectivity index (χ2n) is 4.16. The molecule has 2 N–H and O–H groups in total. The van der Waals surface area contributed by atoms with Crippen molar-refractivity contribution in [1.82, 2.24) is 0 Å². The van der Waals surface area contributed by atoms with E-state index in [9.17, 15) is 18.3 Å². The summed E-state index contributed by atoms with van der Waals surface area (Å²) in [5.74, 6) is -2.17. The monoisotopic (exact) mass is 301 g/mol. The van der Waals surface area contributed by atoms with Gasteiger partial charge in [-0.15, -0.1) is 0 Å². The van der Waals surface area contributed by atoms with Crippen LogP contribution in [-0.2, 0) is 0 Å². The van der Waals surface area contributed by atoms with Crippen LogP contribution in [0.2, 0.25) is 5.02 Å². The zero-order valence-corrected chi connectivity index (χ0v) is 11.0. The van der Waals surface area contributed by atoms with E-state index in [2.05, 4.69) is 5.32 Å². The lowest BCUT2D eigenvalue weighted by Crippen LogP contribution is -2.14. The number of benzene rings is 2. The van der Waals surface area contributed by atoms with E-state index in [1.165, 1.54) is 18.2 Å². The molecule has 1 unspecified atom stereocenters. The first-order chi connectivity index (χ1) is 9.49. The molecule has 0 aliphatic rings. The van der Waals surface area contributed by atoms with Gasteiger partial charge < -0.3 is 10.4 Å². The van der Waals surface area contributed by atoms with Gasteiger partial charge in [0.25, 0.3) is 0 Å². The lowest BCUT2D eigenvalue weighted by atomic mass is 10.1. The third-order valence-electron chi connectivity index (χ3n) is 2.76. The van der Waals surface area contributed by atoms with E-state index in [4.69, 9.17) is 11.6 Å². The van der Waals surface area contributed by atoms with Crippen molar-refractivity contribution in [1.29, 1.82) is 0 Å². The largest absolute Gasteiger partial charge is 0.386 e. The molecular formula is C14H11ClF3NO. The minimum atomic E-state index is -1.26. The Balaban J connectivity index is 2.11. The standard InChI is InChI=1S/C14H11ClF3NO/c15-10-2-1-3-11(17)14(10)19-7-13(20)9-5-4-8(16)6-12(9)18/h1-6,13,19-20H,7H2. The summed E-state index contributed by atoms with van der Waals surface area (Å²) in [5.41, 5.74) is -0.0536. The van der Waals surface area contributed by atoms with Crippen molar-refractivity contribution >= 4 is 17.3 Å². The van der Waals surface area contributed by atoms with Crippen LogP contribution in [0.4, 0.5) is 18.9 Å². The molecule has 0 spiro atoms. The summed E-state index contributed by atoms with van der Waals surface area (Å²) in [7, 11) is 0. The summed E-state index contributed by atoms with van der Waals surface area (Å²) < 4.78 is 39.7. The molecule has 0 aliphatic carbocycles. The predicted molar refractivity (Wildman–Crippen MR) is 71.2 cm³/mol. The molecule has 20 heavy (non-hydrogen) atoms. The molecule has 106 valence electrons. The highest BCUT2D eigenvalue weighted by atomic mass is 35.5. The van der Waals surface area contributed by atoms with Crippen molar-refractivity contribution in [2.75, 3.05) is 11.9 Å². The average Bonchev–Trinajstić information content (AvgIpc) is 2.37. The molecule has 0 fully saturated rings. The van der Waals surface area contributed by atoms with Gasteiger partial charge in [0.2, 0.25) is 0 Å². The van der Waals surface area contributed by atoms with Crippen LogP contribution in [-0.4, -0.2) is 11.7 Å². The van der Waals surface area contributed by atoms with Gasteiger partial charge in [0, 0.05) is 18.2 Å². The second kappa shape index (κ2) is 6.15. The van der Waals surface area contributed by atoms with Gasteiger partial charge in [-0.25, -0.2) is 13.2 Å². The number of aliphatic hydroxyl groups excluding tert-OH is 1. The van der Waals surface area contributed by atoms with E-state index in [0.29, 0.717) is 6.07 Å². The summed E-state index contributed by atoms with van der Waals surface area (Å²) in [6, 6.07) is 6.99. The van der Waals surface area contributed by atoms with Crippen molar-refractivity contribution in [2.45, 2.75) is 6.10 Å². The summed E-state index contributed by atoms with van der Waals surface area (Å²) >= 11 is 5.80. The minimum absolute atomic E-state index is 0.0238. The Kier molecular flexibility index (Phi) is 4.52. The number of rotatable bonds is 4. The maximum atomic E-state index is 13.5. The van der Waals surface area contributed by atoms with Gasteiger partial charge >= 0.3 is 0 Å². The molecule has 0 saturated carbocycles. The van der Waals surface area contributed by atoms with Crippen LogP contribution in [0.5, 0.6) is 0 Å². The number of hydrogen-bond donors (Lipinski definition) is 2. The quantitative estimate of drug-likeness (QED) is 0.897. The highest BCUT2D eigenvalue weighted by molar-refractivity contribution is 6.33. The van der Waals surface area contributed by atoms with Crippen LogP contribution >= 0.6 is 11.6 Å². The minimum Gasteiger partial charge on any atom is -0.386 e. The van der Waals surface area contributed by atoms with Crippen molar-refractivity contribution < 1.29 is 18.3 Å². The number of hydrogen-bond acceptors (Lipinski definition) is 2. The lowest BCUT2D eigenvalue weighted by Gasteiger charge is -2.15. The van der Waals surface area contributed by atoms with Gasteiger partial charge in [-0.2, -0.15) is 0 Å². The lowest BCUT2D eigenvalue weighted by molar-refractivity contribution is 0.186. The maximum Gasteiger partial charge on any atom is 0.147 e. The Hall–Kier alpha value is -1.72. The molecule has 0 saturated heterocycles. The van der Waals surface area contributed by atoms with Gasteiger partial charge in [0.05, 0.1) is 16.8 Å². The third kappa shape index (κ3) is 3.23. The van der Waals surface area contributed by atoms with Gasteiger partial charge in [-0.3, -0.25) is 0 Å². The Morgan fingerprint density at radius 3 is 2.50 bits per heavy atom. The second-order valence-corrected chi connectivity index (χ2v) is 4.57. The molecule has 2 aromatic carbocycles. The summed E-state index contributed by atoms with van der Waals surface area (Å²) in [6.45, 7) is -0.163. The zero-order chi connectivity index (χ0) is 14.7. The van der Waals surface area contributed by atoms with Crippen LogP contribution in [0.25, 0.3) is 0 Å². The van der Waals surface area contributed by atoms with E-state index >= 15 is 0 Å². The smallest absolute Gasteiger partial charge is 0.147 e. The van der Waals surface area contributed by atoms with Crippen LogP contribution in [0.3, 0.4) is 0 Å². The van der Waals surface area contributed by atoms with Gasteiger partial charge in [0.1, 0.15) is 17.5 Å². The number of halogens is 4. The Morgan fingerprint density at radius 2 is 1.85 bits per heavy atom. The van der Waals surface area contributed by atoms with Gasteiger partial charge in [0.15, 0.2) is 0 Å². The normalized spacial score (nSPS) is 12.2. The highest BCUT2D eigenvalue weighted by Crippen LogP contribution is 2.26. The molecule has 0 aromatic heterocycles. The fraction of sp³-hybridized carbons (Fsp3) is 0.143. The van der Waals surface area contributed by atoms with Gasteiger partial charge in [-0.05, 0) is 18.2 Å². The summed E-state index contributed by atoms with van der Waals surface area (Å²) in [6.07, 6.45) is -1.26. The summed E-state index contributed by atoms with van der Waals surface area (Å²) in [4.78, 5) is 0. The molecule has 0 radical (unpaired) electrons. The number of nitrogens with one attached hydrogen (secondary N) is 1. The molecule has 0 aliphatic heterocycles. The van der Waals surface area contributed by atoms with Crippen LogP contribution in [0.1, 0.15) is 11.7 Å². The fourth-order valence-electron chi connectivity index (χ4n) is 1.75. The number of para-hydroxylation sites is 1. The average molecular weight is 302 g/mol. The summed E-state index contributed by atoms with van der Waals surface area (Å²) in [5, 5.41) is 12.6.